The number of amides is 1. The topological polar surface area (TPSA) is 88.4 Å². The van der Waals surface area contributed by atoms with Crippen LogP contribution in [0.1, 0.15) is 12.5 Å². The number of nitrogens with zero attached hydrogens (tertiary/aromatic N) is 2. The van der Waals surface area contributed by atoms with Gasteiger partial charge in [-0.25, -0.2) is 4.79 Å². The second-order valence-corrected chi connectivity index (χ2v) is 6.76. The zero-order valence-corrected chi connectivity index (χ0v) is 16.8. The number of carbonyl (C=O) groups is 2. The number of rotatable bonds is 6. The number of methoxy groups -OCH3 is 1. The largest absolute Gasteiger partial charge is 0.493 e. The van der Waals surface area contributed by atoms with Gasteiger partial charge in [0.25, 0.3) is 5.91 Å². The highest BCUT2D eigenvalue weighted by Crippen LogP contribution is 2.35. The van der Waals surface area contributed by atoms with Crippen LogP contribution < -0.4 is 14.5 Å². The van der Waals surface area contributed by atoms with Crippen LogP contribution in [0.15, 0.2) is 57.6 Å². The maximum absolute atomic E-state index is 12.8. The van der Waals surface area contributed by atoms with E-state index in [0.717, 1.165) is 0 Å². The summed E-state index contributed by atoms with van der Waals surface area (Å²) in [6.07, 6.45) is 1.71. The SMILES string of the molecule is COc1cc(/C=C2/C(=O)N(c3ccccc3)N=C2C)c(Br)cc1OCC(=O)O. The molecule has 0 aromatic heterocycles. The second-order valence-electron chi connectivity index (χ2n) is 5.90. The zero-order chi connectivity index (χ0) is 20.3. The standard InChI is InChI=1S/C20H17BrN2O5/c1-12-15(20(26)23(22-12)14-6-4-3-5-7-14)8-13-9-17(27-2)18(10-16(13)21)28-11-19(24)25/h3-10H,11H2,1-2H3,(H,24,25)/b15-8+. The Labute approximate surface area is 170 Å². The number of hydrogen-bond acceptors (Lipinski definition) is 5. The minimum absolute atomic E-state index is 0.235. The van der Waals surface area contributed by atoms with Gasteiger partial charge in [0.15, 0.2) is 18.1 Å². The molecule has 0 saturated carbocycles. The normalized spacial score (nSPS) is 15.0. The Morgan fingerprint density at radius 2 is 1.96 bits per heavy atom. The molecule has 2 aromatic carbocycles. The molecule has 0 spiro atoms. The average molecular weight is 445 g/mol. The quantitative estimate of drug-likeness (QED) is 0.685. The number of halogens is 1. The van der Waals surface area contributed by atoms with Crippen molar-refractivity contribution in [2.75, 3.05) is 18.7 Å². The van der Waals surface area contributed by atoms with Gasteiger partial charge in [0, 0.05) is 4.47 Å². The van der Waals surface area contributed by atoms with E-state index < -0.39 is 12.6 Å². The number of aliphatic carboxylic acids is 1. The van der Waals surface area contributed by atoms with Gasteiger partial charge in [-0.2, -0.15) is 10.1 Å². The van der Waals surface area contributed by atoms with E-state index in [-0.39, 0.29) is 11.7 Å². The smallest absolute Gasteiger partial charge is 0.341 e. The number of carboxylic acids is 1. The lowest BCUT2D eigenvalue weighted by molar-refractivity contribution is -0.139. The molecule has 0 radical (unpaired) electrons. The van der Waals surface area contributed by atoms with E-state index in [0.29, 0.717) is 32.8 Å². The lowest BCUT2D eigenvalue weighted by Crippen LogP contribution is -2.21. The molecule has 3 rings (SSSR count). The van der Waals surface area contributed by atoms with Crippen LogP contribution >= 0.6 is 15.9 Å². The van der Waals surface area contributed by atoms with E-state index in [1.807, 2.05) is 30.3 Å². The summed E-state index contributed by atoms with van der Waals surface area (Å²) in [5, 5.41) is 14.5. The molecular formula is C20H17BrN2O5. The van der Waals surface area contributed by atoms with Crippen molar-refractivity contribution < 1.29 is 24.2 Å². The Hall–Kier alpha value is -3.13. The lowest BCUT2D eigenvalue weighted by atomic mass is 10.1. The third kappa shape index (κ3) is 4.07. The van der Waals surface area contributed by atoms with Gasteiger partial charge in [-0.3, -0.25) is 4.79 Å². The summed E-state index contributed by atoms with van der Waals surface area (Å²) in [5.74, 6) is -0.682. The summed E-state index contributed by atoms with van der Waals surface area (Å²) in [6, 6.07) is 12.4. The Balaban J connectivity index is 1.94. The fourth-order valence-electron chi connectivity index (χ4n) is 2.66. The number of para-hydroxylation sites is 1. The lowest BCUT2D eigenvalue weighted by Gasteiger charge is -2.12. The molecule has 1 amide bonds. The second kappa shape index (κ2) is 8.26. The van der Waals surface area contributed by atoms with Crippen LogP contribution in [-0.4, -0.2) is 36.4 Å². The molecule has 28 heavy (non-hydrogen) atoms. The zero-order valence-electron chi connectivity index (χ0n) is 15.2. The van der Waals surface area contributed by atoms with Gasteiger partial charge < -0.3 is 14.6 Å². The van der Waals surface area contributed by atoms with Crippen molar-refractivity contribution in [1.29, 1.82) is 0 Å². The molecule has 7 nitrogen and oxygen atoms in total. The highest BCUT2D eigenvalue weighted by molar-refractivity contribution is 9.10. The van der Waals surface area contributed by atoms with Crippen molar-refractivity contribution in [1.82, 2.24) is 0 Å². The Morgan fingerprint density at radius 1 is 1.25 bits per heavy atom. The molecule has 1 aliphatic rings. The minimum atomic E-state index is -1.09. The van der Waals surface area contributed by atoms with Crippen molar-refractivity contribution in [3.63, 3.8) is 0 Å². The molecule has 1 heterocycles. The molecule has 0 aliphatic carbocycles. The van der Waals surface area contributed by atoms with E-state index in [1.54, 1.807) is 25.1 Å². The van der Waals surface area contributed by atoms with Crippen molar-refractivity contribution in [2.24, 2.45) is 5.10 Å². The summed E-state index contributed by atoms with van der Waals surface area (Å²) >= 11 is 3.43. The maximum Gasteiger partial charge on any atom is 0.341 e. The summed E-state index contributed by atoms with van der Waals surface area (Å²) in [6.45, 7) is 1.28. The first kappa shape index (κ1) is 19.6. The van der Waals surface area contributed by atoms with Crippen molar-refractivity contribution in [2.45, 2.75) is 6.92 Å². The number of carboxylic acid groups (broad SMARTS) is 1. The van der Waals surface area contributed by atoms with E-state index in [2.05, 4.69) is 21.0 Å². The summed E-state index contributed by atoms with van der Waals surface area (Å²) in [4.78, 5) is 23.6. The van der Waals surface area contributed by atoms with Gasteiger partial charge in [-0.15, -0.1) is 0 Å². The average Bonchev–Trinajstić information content (AvgIpc) is 2.96. The maximum atomic E-state index is 12.8. The van der Waals surface area contributed by atoms with Crippen molar-refractivity contribution in [3.05, 3.63) is 58.1 Å². The van der Waals surface area contributed by atoms with E-state index in [9.17, 15) is 9.59 Å². The number of hydrogen-bond donors (Lipinski definition) is 1. The Bertz CT molecular complexity index is 986. The third-order valence-corrected chi connectivity index (χ3v) is 4.68. The van der Waals surface area contributed by atoms with E-state index in [4.69, 9.17) is 14.6 Å². The fraction of sp³-hybridized carbons (Fsp3) is 0.150. The molecule has 1 aliphatic heterocycles. The molecule has 8 heteroatoms. The van der Waals surface area contributed by atoms with Crippen molar-refractivity contribution in [3.8, 4) is 11.5 Å². The summed E-state index contributed by atoms with van der Waals surface area (Å²) in [5.41, 5.74) is 2.40. The first-order valence-electron chi connectivity index (χ1n) is 8.29. The number of benzene rings is 2. The number of carbonyl (C=O) groups excluding carboxylic acids is 1. The predicted molar refractivity (Wildman–Crippen MR) is 109 cm³/mol. The molecule has 0 atom stereocenters. The monoisotopic (exact) mass is 444 g/mol. The van der Waals surface area contributed by atoms with Crippen LogP contribution in [0.25, 0.3) is 6.08 Å². The fourth-order valence-corrected chi connectivity index (χ4v) is 3.09. The van der Waals surface area contributed by atoms with Crippen LogP contribution in [0.4, 0.5) is 5.69 Å². The molecule has 144 valence electrons. The van der Waals surface area contributed by atoms with Crippen LogP contribution in [0.5, 0.6) is 11.5 Å². The van der Waals surface area contributed by atoms with Crippen LogP contribution in [0.2, 0.25) is 0 Å². The first-order valence-corrected chi connectivity index (χ1v) is 9.09. The Morgan fingerprint density at radius 3 is 2.61 bits per heavy atom. The molecular weight excluding hydrogens is 428 g/mol. The third-order valence-electron chi connectivity index (χ3n) is 4.00. The van der Waals surface area contributed by atoms with Gasteiger partial charge in [0.05, 0.1) is 24.1 Å². The summed E-state index contributed by atoms with van der Waals surface area (Å²) < 4.78 is 11.2. The van der Waals surface area contributed by atoms with E-state index in [1.165, 1.54) is 12.1 Å². The van der Waals surface area contributed by atoms with Gasteiger partial charge in [0.1, 0.15) is 0 Å². The van der Waals surface area contributed by atoms with Gasteiger partial charge in [0.2, 0.25) is 0 Å². The molecule has 0 bridgehead atoms. The van der Waals surface area contributed by atoms with Crippen LogP contribution in [-0.2, 0) is 9.59 Å². The van der Waals surface area contributed by atoms with Crippen molar-refractivity contribution >= 4 is 45.3 Å². The van der Waals surface area contributed by atoms with Gasteiger partial charge in [-0.1, -0.05) is 34.1 Å². The number of hydrazone groups is 1. The first-order chi connectivity index (χ1) is 13.4. The number of ether oxygens (including phenoxy) is 2. The van der Waals surface area contributed by atoms with Crippen LogP contribution in [0, 0.1) is 0 Å². The van der Waals surface area contributed by atoms with Gasteiger partial charge in [-0.05, 0) is 42.8 Å². The highest BCUT2D eigenvalue weighted by atomic mass is 79.9. The summed E-state index contributed by atoms with van der Waals surface area (Å²) in [7, 11) is 1.46. The molecule has 0 unspecified atom stereocenters. The molecule has 0 saturated heterocycles. The van der Waals surface area contributed by atoms with E-state index >= 15 is 0 Å². The predicted octanol–water partition coefficient (Wildman–Crippen LogP) is 3.73. The molecule has 1 N–H and O–H groups in total. The highest BCUT2D eigenvalue weighted by Gasteiger charge is 2.29. The Kier molecular flexibility index (Phi) is 5.79. The number of anilines is 1. The minimum Gasteiger partial charge on any atom is -0.493 e. The molecule has 0 fully saturated rings. The van der Waals surface area contributed by atoms with Crippen LogP contribution in [0.3, 0.4) is 0 Å². The molecule has 2 aromatic rings. The van der Waals surface area contributed by atoms with Gasteiger partial charge >= 0.3 is 5.97 Å².